The minimum Gasteiger partial charge on any atom is -0.0773 e. The molecule has 1 heterocycles. The van der Waals surface area contributed by atoms with Crippen molar-refractivity contribution in [1.82, 2.24) is 0 Å². The summed E-state index contributed by atoms with van der Waals surface area (Å²) < 4.78 is 0. The van der Waals surface area contributed by atoms with Gasteiger partial charge in [-0.15, -0.1) is 0 Å². The zero-order chi connectivity index (χ0) is 7.40. The van der Waals surface area contributed by atoms with E-state index in [1.54, 1.807) is 11.1 Å². The second-order valence-corrected chi connectivity index (χ2v) is 8.22. The van der Waals surface area contributed by atoms with Crippen LogP contribution in [0, 0.1) is 0 Å². The van der Waals surface area contributed by atoms with Crippen LogP contribution in [-0.2, 0) is 0 Å². The summed E-state index contributed by atoms with van der Waals surface area (Å²) in [6.07, 6.45) is 0. The fourth-order valence-corrected chi connectivity index (χ4v) is 6.81. The van der Waals surface area contributed by atoms with Gasteiger partial charge in [-0.1, -0.05) is 32.7 Å². The van der Waals surface area contributed by atoms with Gasteiger partial charge in [0.15, 0.2) is 0 Å². The molecule has 0 amide bonds. The zero-order valence-electron chi connectivity index (χ0n) is 6.05. The minimum absolute atomic E-state index is 1.20. The van der Waals surface area contributed by atoms with Crippen LogP contribution in [0.15, 0.2) is 11.1 Å². The van der Waals surface area contributed by atoms with Gasteiger partial charge >= 0.3 is 0 Å². The van der Waals surface area contributed by atoms with Crippen molar-refractivity contribution in [3.8, 4) is 0 Å². The maximum atomic E-state index is 2.24. The van der Waals surface area contributed by atoms with E-state index >= 15 is 0 Å². The molecule has 0 atom stereocenters. The zero-order valence-corrected chi connectivity index (χ0v) is 9.31. The largest absolute Gasteiger partial charge is 0.0773 e. The molecular formula is C6H10S4. The van der Waals surface area contributed by atoms with Crippen LogP contribution in [-0.4, -0.2) is 11.5 Å². The Kier molecular flexibility index (Phi) is 4.53. The summed E-state index contributed by atoms with van der Waals surface area (Å²) in [6, 6.07) is 0. The molecule has 0 aromatic carbocycles. The summed E-state index contributed by atoms with van der Waals surface area (Å²) in [5.41, 5.74) is 3.12. The molecule has 4 heteroatoms. The first-order valence-corrected chi connectivity index (χ1v) is 8.19. The molecule has 0 N–H and O–H groups in total. The summed E-state index contributed by atoms with van der Waals surface area (Å²) >= 11 is 0. The molecule has 1 aliphatic heterocycles. The third kappa shape index (κ3) is 3.03. The van der Waals surface area contributed by atoms with Gasteiger partial charge in [0.25, 0.3) is 0 Å². The first-order chi connectivity index (χ1) is 4.80. The van der Waals surface area contributed by atoms with Crippen LogP contribution in [0.25, 0.3) is 0 Å². The third-order valence-corrected chi connectivity index (χ3v) is 7.94. The lowest BCUT2D eigenvalue weighted by Gasteiger charge is -2.09. The van der Waals surface area contributed by atoms with E-state index in [0.717, 1.165) is 0 Å². The Morgan fingerprint density at radius 2 is 1.30 bits per heavy atom. The minimum atomic E-state index is 1.20. The molecule has 1 aliphatic rings. The van der Waals surface area contributed by atoms with Crippen molar-refractivity contribution in [2.45, 2.75) is 13.8 Å². The second-order valence-electron chi connectivity index (χ2n) is 2.22. The molecule has 0 bridgehead atoms. The lowest BCUT2D eigenvalue weighted by molar-refractivity contribution is 1.26. The predicted molar refractivity (Wildman–Crippen MR) is 58.5 cm³/mol. The molecule has 0 spiro atoms. The van der Waals surface area contributed by atoms with Gasteiger partial charge in [-0.25, -0.2) is 0 Å². The van der Waals surface area contributed by atoms with E-state index in [1.807, 2.05) is 41.2 Å². The highest BCUT2D eigenvalue weighted by Gasteiger charge is 2.03. The first kappa shape index (κ1) is 9.23. The fraction of sp³-hybridized carbons (Fsp3) is 0.667. The maximum Gasteiger partial charge on any atom is 0.0256 e. The lowest BCUT2D eigenvalue weighted by Crippen LogP contribution is -1.90. The maximum absolute atomic E-state index is 2.24. The van der Waals surface area contributed by atoms with Gasteiger partial charge in [0.1, 0.15) is 0 Å². The molecule has 0 aromatic heterocycles. The molecule has 0 aromatic rings. The van der Waals surface area contributed by atoms with Crippen molar-refractivity contribution >= 4 is 41.2 Å². The van der Waals surface area contributed by atoms with Crippen molar-refractivity contribution in [3.05, 3.63) is 11.1 Å². The smallest absolute Gasteiger partial charge is 0.0256 e. The van der Waals surface area contributed by atoms with Gasteiger partial charge in [0.2, 0.25) is 0 Å². The Labute approximate surface area is 77.6 Å². The highest BCUT2D eigenvalue weighted by atomic mass is 33.7. The van der Waals surface area contributed by atoms with E-state index < -0.39 is 0 Å². The van der Waals surface area contributed by atoms with Gasteiger partial charge in [-0.3, -0.25) is 0 Å². The van der Waals surface area contributed by atoms with E-state index in [1.165, 1.54) is 11.5 Å². The van der Waals surface area contributed by atoms with Crippen LogP contribution < -0.4 is 0 Å². The average Bonchev–Trinajstić information content (AvgIpc) is 1.92. The van der Waals surface area contributed by atoms with E-state index in [9.17, 15) is 0 Å². The van der Waals surface area contributed by atoms with Gasteiger partial charge < -0.3 is 0 Å². The summed E-state index contributed by atoms with van der Waals surface area (Å²) in [5, 5.41) is 0. The van der Waals surface area contributed by atoms with Crippen molar-refractivity contribution in [2.75, 3.05) is 11.5 Å². The molecule has 0 nitrogen and oxygen atoms in total. The van der Waals surface area contributed by atoms with E-state index in [2.05, 4.69) is 13.8 Å². The summed E-state index contributed by atoms with van der Waals surface area (Å²) in [6.45, 7) is 4.47. The van der Waals surface area contributed by atoms with Crippen molar-refractivity contribution < 1.29 is 0 Å². The van der Waals surface area contributed by atoms with E-state index in [0.29, 0.717) is 0 Å². The summed E-state index contributed by atoms with van der Waals surface area (Å²) in [7, 11) is 7.68. The van der Waals surface area contributed by atoms with Crippen LogP contribution >= 0.6 is 41.2 Å². The van der Waals surface area contributed by atoms with Crippen LogP contribution in [0.2, 0.25) is 0 Å². The Morgan fingerprint density at radius 3 is 1.70 bits per heavy atom. The molecule has 1 rings (SSSR count). The highest BCUT2D eigenvalue weighted by molar-refractivity contribution is 9.26. The molecule has 0 radical (unpaired) electrons. The highest BCUT2D eigenvalue weighted by Crippen LogP contribution is 2.46. The van der Waals surface area contributed by atoms with E-state index in [4.69, 9.17) is 0 Å². The lowest BCUT2D eigenvalue weighted by atomic mass is 10.2. The molecule has 0 saturated heterocycles. The van der Waals surface area contributed by atoms with Crippen LogP contribution in [0.3, 0.4) is 0 Å². The SMILES string of the molecule is C/C1=C(\C)CSSSSC1. The number of hydrogen-bond donors (Lipinski definition) is 0. The quantitative estimate of drug-likeness (QED) is 0.437. The molecule has 0 saturated carbocycles. The van der Waals surface area contributed by atoms with Crippen LogP contribution in [0.4, 0.5) is 0 Å². The van der Waals surface area contributed by atoms with Crippen molar-refractivity contribution in [2.24, 2.45) is 0 Å². The Bertz CT molecular complexity index is 125. The number of hydrogen-bond acceptors (Lipinski definition) is 4. The van der Waals surface area contributed by atoms with Gasteiger partial charge in [0, 0.05) is 11.5 Å². The Morgan fingerprint density at radius 1 is 0.900 bits per heavy atom. The van der Waals surface area contributed by atoms with Crippen LogP contribution in [0.1, 0.15) is 13.8 Å². The van der Waals surface area contributed by atoms with Gasteiger partial charge in [0.05, 0.1) is 0 Å². The van der Waals surface area contributed by atoms with Gasteiger partial charge in [-0.05, 0) is 33.5 Å². The topological polar surface area (TPSA) is 0 Å². The summed E-state index contributed by atoms with van der Waals surface area (Å²) in [5.74, 6) is 2.40. The summed E-state index contributed by atoms with van der Waals surface area (Å²) in [4.78, 5) is 0. The Balaban J connectivity index is 2.51. The molecular weight excluding hydrogens is 200 g/mol. The molecule has 0 fully saturated rings. The average molecular weight is 210 g/mol. The molecule has 0 unspecified atom stereocenters. The number of rotatable bonds is 0. The molecule has 10 heavy (non-hydrogen) atoms. The molecule has 58 valence electrons. The van der Waals surface area contributed by atoms with Crippen LogP contribution in [0.5, 0.6) is 0 Å². The first-order valence-electron chi connectivity index (χ1n) is 3.03. The second kappa shape index (κ2) is 4.91. The van der Waals surface area contributed by atoms with Gasteiger partial charge in [-0.2, -0.15) is 0 Å². The third-order valence-electron chi connectivity index (χ3n) is 1.40. The van der Waals surface area contributed by atoms with Crippen molar-refractivity contribution in [1.29, 1.82) is 0 Å². The monoisotopic (exact) mass is 210 g/mol. The standard InChI is InChI=1S/C6H10S4/c1-5-3-7-9-10-8-4-6(5)2/h3-4H2,1-2H3/b6-5-. The van der Waals surface area contributed by atoms with E-state index in [-0.39, 0.29) is 0 Å². The normalized spacial score (nSPS) is 29.4. The molecule has 0 aliphatic carbocycles. The predicted octanol–water partition coefficient (Wildman–Crippen LogP) is 4.01. The van der Waals surface area contributed by atoms with Crippen molar-refractivity contribution in [3.63, 3.8) is 0 Å². The fourth-order valence-electron chi connectivity index (χ4n) is 0.511. The Hall–Kier alpha value is 1.14.